The molecule has 0 aliphatic heterocycles. The highest BCUT2D eigenvalue weighted by molar-refractivity contribution is 6.09. The molecule has 2 nitrogen and oxygen atoms in total. The summed E-state index contributed by atoms with van der Waals surface area (Å²) >= 11 is 0. The maximum absolute atomic E-state index is 12.5. The van der Waals surface area contributed by atoms with Crippen molar-refractivity contribution in [3.63, 3.8) is 0 Å². The number of aromatic nitrogens is 1. The lowest BCUT2D eigenvalue weighted by Crippen LogP contribution is -2.08. The van der Waals surface area contributed by atoms with E-state index in [0.29, 0.717) is 5.69 Å². The van der Waals surface area contributed by atoms with Gasteiger partial charge in [0.25, 0.3) is 0 Å². The Morgan fingerprint density at radius 3 is 2.33 bits per heavy atom. The van der Waals surface area contributed by atoms with Gasteiger partial charge in [0.15, 0.2) is 0 Å². The Morgan fingerprint density at radius 1 is 0.944 bits per heavy atom. The van der Waals surface area contributed by atoms with Crippen molar-refractivity contribution in [1.82, 2.24) is 4.98 Å². The highest BCUT2D eigenvalue weighted by Gasteiger charge is 2.15. The first-order chi connectivity index (χ1) is 8.49. The van der Waals surface area contributed by atoms with Crippen LogP contribution < -0.4 is 0 Å². The molecule has 2 aromatic rings. The highest BCUT2D eigenvalue weighted by Crippen LogP contribution is 2.17. The van der Waals surface area contributed by atoms with E-state index in [0.717, 1.165) is 27.8 Å². The summed E-state index contributed by atoms with van der Waals surface area (Å²) < 4.78 is 0. The molecule has 0 aliphatic rings. The largest absolute Gasteiger partial charge is 0.287 e. The summed E-state index contributed by atoms with van der Waals surface area (Å²) in [6.45, 7) is 7.85. The van der Waals surface area contributed by atoms with E-state index in [1.165, 1.54) is 0 Å². The molecule has 0 saturated heterocycles. The number of ketones is 1. The monoisotopic (exact) mass is 239 g/mol. The van der Waals surface area contributed by atoms with E-state index >= 15 is 0 Å². The fourth-order valence-electron chi connectivity index (χ4n) is 2.06. The zero-order valence-corrected chi connectivity index (χ0v) is 11.2. The lowest BCUT2D eigenvalue weighted by Gasteiger charge is -2.08. The number of hydrogen-bond donors (Lipinski definition) is 0. The van der Waals surface area contributed by atoms with Gasteiger partial charge in [0.05, 0.1) is 0 Å². The average molecular weight is 239 g/mol. The topological polar surface area (TPSA) is 30.0 Å². The standard InChI is InChI=1S/C16H17NO/c1-10-5-6-12(3)14(8-10)16(18)15-13(4)7-11(2)9-17-15/h5-9H,1-4H3. The van der Waals surface area contributed by atoms with Crippen molar-refractivity contribution in [2.24, 2.45) is 0 Å². The molecule has 0 aliphatic carbocycles. The molecule has 0 fully saturated rings. The normalized spacial score (nSPS) is 10.4. The minimum Gasteiger partial charge on any atom is -0.287 e. The van der Waals surface area contributed by atoms with Gasteiger partial charge in [0.2, 0.25) is 5.78 Å². The zero-order valence-electron chi connectivity index (χ0n) is 11.2. The molecule has 0 amide bonds. The second-order valence-corrected chi connectivity index (χ2v) is 4.83. The quantitative estimate of drug-likeness (QED) is 0.750. The van der Waals surface area contributed by atoms with E-state index in [1.807, 2.05) is 52.0 Å². The van der Waals surface area contributed by atoms with Gasteiger partial charge in [-0.2, -0.15) is 0 Å². The van der Waals surface area contributed by atoms with Gasteiger partial charge in [-0.1, -0.05) is 23.8 Å². The van der Waals surface area contributed by atoms with Gasteiger partial charge in [-0.25, -0.2) is 0 Å². The third kappa shape index (κ3) is 2.33. The number of pyridine rings is 1. The second-order valence-electron chi connectivity index (χ2n) is 4.83. The van der Waals surface area contributed by atoms with Gasteiger partial charge in [0, 0.05) is 11.8 Å². The molecule has 0 radical (unpaired) electrons. The van der Waals surface area contributed by atoms with Crippen LogP contribution in [0.1, 0.15) is 38.3 Å². The molecule has 18 heavy (non-hydrogen) atoms. The molecular weight excluding hydrogens is 222 g/mol. The molecule has 1 heterocycles. The third-order valence-electron chi connectivity index (χ3n) is 3.07. The Labute approximate surface area is 108 Å². The first-order valence-electron chi connectivity index (χ1n) is 6.04. The van der Waals surface area contributed by atoms with Gasteiger partial charge in [-0.05, 0) is 50.5 Å². The van der Waals surface area contributed by atoms with Crippen LogP contribution in [0.15, 0.2) is 30.5 Å². The van der Waals surface area contributed by atoms with Crippen molar-refractivity contribution in [3.05, 3.63) is 64.0 Å². The molecule has 0 saturated carbocycles. The van der Waals surface area contributed by atoms with Crippen LogP contribution in [0.25, 0.3) is 0 Å². The number of nitrogens with zero attached hydrogens (tertiary/aromatic N) is 1. The Balaban J connectivity index is 2.51. The van der Waals surface area contributed by atoms with Crippen LogP contribution in [0.3, 0.4) is 0 Å². The van der Waals surface area contributed by atoms with Gasteiger partial charge < -0.3 is 0 Å². The summed E-state index contributed by atoms with van der Waals surface area (Å²) in [4.78, 5) is 16.8. The molecule has 1 aromatic heterocycles. The van der Waals surface area contributed by atoms with Gasteiger partial charge in [-0.3, -0.25) is 9.78 Å². The summed E-state index contributed by atoms with van der Waals surface area (Å²) in [5.41, 5.74) is 5.38. The smallest absolute Gasteiger partial charge is 0.211 e. The van der Waals surface area contributed by atoms with Crippen molar-refractivity contribution in [2.75, 3.05) is 0 Å². The van der Waals surface area contributed by atoms with E-state index in [2.05, 4.69) is 4.98 Å². The Kier molecular flexibility index (Phi) is 3.28. The maximum Gasteiger partial charge on any atom is 0.211 e. The van der Waals surface area contributed by atoms with Gasteiger partial charge in [0.1, 0.15) is 5.69 Å². The highest BCUT2D eigenvalue weighted by atomic mass is 16.1. The number of hydrogen-bond acceptors (Lipinski definition) is 2. The minimum absolute atomic E-state index is 0.00806. The lowest BCUT2D eigenvalue weighted by molar-refractivity contribution is 0.103. The van der Waals surface area contributed by atoms with E-state index < -0.39 is 0 Å². The first-order valence-corrected chi connectivity index (χ1v) is 6.04. The van der Waals surface area contributed by atoms with Crippen LogP contribution in [0.4, 0.5) is 0 Å². The van der Waals surface area contributed by atoms with Crippen LogP contribution >= 0.6 is 0 Å². The third-order valence-corrected chi connectivity index (χ3v) is 3.07. The summed E-state index contributed by atoms with van der Waals surface area (Å²) in [6.07, 6.45) is 1.74. The average Bonchev–Trinajstić information content (AvgIpc) is 2.31. The van der Waals surface area contributed by atoms with Crippen molar-refractivity contribution in [1.29, 1.82) is 0 Å². The number of benzene rings is 1. The summed E-state index contributed by atoms with van der Waals surface area (Å²) in [7, 11) is 0. The van der Waals surface area contributed by atoms with Gasteiger partial charge in [-0.15, -0.1) is 0 Å². The fraction of sp³-hybridized carbons (Fsp3) is 0.250. The van der Waals surface area contributed by atoms with Crippen LogP contribution in [0.2, 0.25) is 0 Å². The second kappa shape index (κ2) is 4.73. The molecule has 0 bridgehead atoms. The molecule has 0 unspecified atom stereocenters. The predicted molar refractivity (Wildman–Crippen MR) is 73.1 cm³/mol. The summed E-state index contributed by atoms with van der Waals surface area (Å²) in [5.74, 6) is 0.00806. The SMILES string of the molecule is Cc1cnc(C(=O)c2cc(C)ccc2C)c(C)c1. The van der Waals surface area contributed by atoms with Crippen LogP contribution in [0, 0.1) is 27.7 Å². The van der Waals surface area contributed by atoms with Crippen molar-refractivity contribution in [2.45, 2.75) is 27.7 Å². The van der Waals surface area contributed by atoms with E-state index in [-0.39, 0.29) is 5.78 Å². The molecule has 2 heteroatoms. The number of carbonyl (C=O) groups excluding carboxylic acids is 1. The van der Waals surface area contributed by atoms with Crippen molar-refractivity contribution < 1.29 is 4.79 Å². The van der Waals surface area contributed by atoms with Crippen molar-refractivity contribution in [3.8, 4) is 0 Å². The lowest BCUT2D eigenvalue weighted by atomic mass is 9.98. The number of carbonyl (C=O) groups is 1. The van der Waals surface area contributed by atoms with Crippen LogP contribution in [-0.4, -0.2) is 10.8 Å². The van der Waals surface area contributed by atoms with E-state index in [4.69, 9.17) is 0 Å². The first kappa shape index (κ1) is 12.5. The van der Waals surface area contributed by atoms with Crippen LogP contribution in [-0.2, 0) is 0 Å². The molecule has 92 valence electrons. The maximum atomic E-state index is 12.5. The molecule has 0 N–H and O–H groups in total. The predicted octanol–water partition coefficient (Wildman–Crippen LogP) is 3.55. The van der Waals surface area contributed by atoms with Gasteiger partial charge >= 0.3 is 0 Å². The number of rotatable bonds is 2. The molecule has 1 aromatic carbocycles. The molecule has 0 spiro atoms. The fourth-order valence-corrected chi connectivity index (χ4v) is 2.06. The van der Waals surface area contributed by atoms with Crippen molar-refractivity contribution >= 4 is 5.78 Å². The molecule has 2 rings (SSSR count). The summed E-state index contributed by atoms with van der Waals surface area (Å²) in [5, 5.41) is 0. The van der Waals surface area contributed by atoms with E-state index in [1.54, 1.807) is 6.20 Å². The minimum atomic E-state index is 0.00806. The Morgan fingerprint density at radius 2 is 1.67 bits per heavy atom. The Bertz CT molecular complexity index is 614. The van der Waals surface area contributed by atoms with E-state index in [9.17, 15) is 4.79 Å². The summed E-state index contributed by atoms with van der Waals surface area (Å²) in [6, 6.07) is 7.91. The Hall–Kier alpha value is -1.96. The zero-order chi connectivity index (χ0) is 13.3. The molecular formula is C16H17NO. The van der Waals surface area contributed by atoms with Crippen LogP contribution in [0.5, 0.6) is 0 Å². The molecule has 0 atom stereocenters. The number of aryl methyl sites for hydroxylation is 4.